The van der Waals surface area contributed by atoms with Crippen molar-refractivity contribution in [2.24, 2.45) is 0 Å². The number of rotatable bonds is 8. The molecule has 0 saturated heterocycles. The first kappa shape index (κ1) is 20.4. The highest BCUT2D eigenvalue weighted by Crippen LogP contribution is 2.29. The number of nitrogens with one attached hydrogen (secondary N) is 1. The summed E-state index contributed by atoms with van der Waals surface area (Å²) in [4.78, 5) is 44.8. The van der Waals surface area contributed by atoms with E-state index in [-0.39, 0.29) is 30.7 Å². The summed E-state index contributed by atoms with van der Waals surface area (Å²) in [5.74, 6) is -0.627. The van der Waals surface area contributed by atoms with Crippen LogP contribution in [0.1, 0.15) is 43.4 Å². The summed E-state index contributed by atoms with van der Waals surface area (Å²) in [5.41, 5.74) is 1.89. The molecule has 3 heterocycles. The highest BCUT2D eigenvalue weighted by molar-refractivity contribution is 7.16. The molecule has 30 heavy (non-hydrogen) atoms. The Labute approximate surface area is 182 Å². The zero-order valence-corrected chi connectivity index (χ0v) is 18.1. The molecule has 0 bridgehead atoms. The lowest BCUT2D eigenvalue weighted by molar-refractivity contribution is -0.121. The summed E-state index contributed by atoms with van der Waals surface area (Å²) in [6.45, 7) is 2.80. The molecule has 0 unspecified atom stereocenters. The summed E-state index contributed by atoms with van der Waals surface area (Å²) in [7, 11) is 0. The van der Waals surface area contributed by atoms with E-state index in [2.05, 4.69) is 27.8 Å². The van der Waals surface area contributed by atoms with Crippen LogP contribution < -0.4 is 5.32 Å². The molecule has 1 N–H and O–H groups in total. The molecule has 3 amide bonds. The maximum Gasteiger partial charge on any atom is 0.261 e. The number of aromatic nitrogens is 1. The third-order valence-electron chi connectivity index (χ3n) is 4.89. The molecule has 2 aromatic heterocycles. The number of fused-ring (bicyclic) bond motifs is 1. The fraction of sp³-hybridized carbons (Fsp3) is 0.273. The van der Waals surface area contributed by atoms with Crippen LogP contribution in [0.2, 0.25) is 0 Å². The predicted octanol–water partition coefficient (Wildman–Crippen LogP) is 3.92. The molecular formula is C22H21N3O3S2. The number of amides is 3. The second-order valence-corrected chi connectivity index (χ2v) is 9.26. The van der Waals surface area contributed by atoms with Crippen LogP contribution in [-0.4, -0.2) is 40.7 Å². The predicted molar refractivity (Wildman–Crippen MR) is 118 cm³/mol. The number of carbonyl (C=O) groups excluding carboxylic acids is 3. The van der Waals surface area contributed by atoms with Crippen molar-refractivity contribution in [3.8, 4) is 10.6 Å². The summed E-state index contributed by atoms with van der Waals surface area (Å²) in [5, 5.41) is 6.02. The Morgan fingerprint density at radius 3 is 2.50 bits per heavy atom. The van der Waals surface area contributed by atoms with Gasteiger partial charge in [-0.3, -0.25) is 19.3 Å². The fourth-order valence-corrected chi connectivity index (χ4v) is 5.04. The summed E-state index contributed by atoms with van der Waals surface area (Å²) in [6, 6.07) is 11.0. The number of carbonyl (C=O) groups is 3. The standard InChI is InChI=1S/C22H21N3O3S2/c1-14-24-18(13-29-14)19-9-8-15(30-19)10-11-23-20(26)7-4-12-25-21(27)16-5-2-3-6-17(16)22(25)28/h2-3,5-6,8-9,13H,4,7,10-12H2,1H3,(H,23,26). The zero-order valence-electron chi connectivity index (χ0n) is 16.5. The lowest BCUT2D eigenvalue weighted by Gasteiger charge is -2.13. The van der Waals surface area contributed by atoms with E-state index in [1.165, 1.54) is 9.78 Å². The van der Waals surface area contributed by atoms with Crippen LogP contribution >= 0.6 is 22.7 Å². The van der Waals surface area contributed by atoms with Crippen molar-refractivity contribution in [3.05, 3.63) is 62.8 Å². The zero-order chi connectivity index (χ0) is 21.1. The monoisotopic (exact) mass is 439 g/mol. The Bertz CT molecular complexity index is 1070. The average molecular weight is 440 g/mol. The number of hydrogen-bond donors (Lipinski definition) is 1. The second-order valence-electron chi connectivity index (χ2n) is 7.03. The van der Waals surface area contributed by atoms with Gasteiger partial charge in [-0.2, -0.15) is 0 Å². The smallest absolute Gasteiger partial charge is 0.261 e. The van der Waals surface area contributed by atoms with E-state index in [1.54, 1.807) is 46.9 Å². The summed E-state index contributed by atoms with van der Waals surface area (Å²) in [6.07, 6.45) is 1.49. The first-order chi connectivity index (χ1) is 14.5. The van der Waals surface area contributed by atoms with E-state index in [0.717, 1.165) is 22.0 Å². The topological polar surface area (TPSA) is 79.4 Å². The van der Waals surface area contributed by atoms with Gasteiger partial charge in [-0.25, -0.2) is 4.98 Å². The third kappa shape index (κ3) is 4.34. The quantitative estimate of drug-likeness (QED) is 0.540. The molecule has 0 radical (unpaired) electrons. The number of thiophene rings is 1. The minimum Gasteiger partial charge on any atom is -0.356 e. The SMILES string of the molecule is Cc1nc(-c2ccc(CCNC(=O)CCCN3C(=O)c4ccccc4C3=O)s2)cs1. The van der Waals surface area contributed by atoms with Crippen molar-refractivity contribution < 1.29 is 14.4 Å². The van der Waals surface area contributed by atoms with Crippen molar-refractivity contribution in [1.29, 1.82) is 0 Å². The van der Waals surface area contributed by atoms with Crippen LogP contribution in [0.3, 0.4) is 0 Å². The van der Waals surface area contributed by atoms with E-state index in [1.807, 2.05) is 6.92 Å². The Balaban J connectivity index is 1.19. The molecule has 4 rings (SSSR count). The molecule has 0 fully saturated rings. The first-order valence-electron chi connectivity index (χ1n) is 9.76. The lowest BCUT2D eigenvalue weighted by Crippen LogP contribution is -2.32. The van der Waals surface area contributed by atoms with Crippen LogP contribution in [0.4, 0.5) is 0 Å². The van der Waals surface area contributed by atoms with Crippen molar-refractivity contribution in [1.82, 2.24) is 15.2 Å². The maximum atomic E-state index is 12.3. The minimum atomic E-state index is -0.278. The largest absolute Gasteiger partial charge is 0.356 e. The van der Waals surface area contributed by atoms with E-state index < -0.39 is 0 Å². The maximum absolute atomic E-state index is 12.3. The molecule has 8 heteroatoms. The van der Waals surface area contributed by atoms with Crippen LogP contribution in [0.5, 0.6) is 0 Å². The van der Waals surface area contributed by atoms with Gasteiger partial charge in [-0.1, -0.05) is 12.1 Å². The second kappa shape index (κ2) is 8.89. The van der Waals surface area contributed by atoms with Crippen molar-refractivity contribution in [2.75, 3.05) is 13.1 Å². The molecule has 1 aromatic carbocycles. The van der Waals surface area contributed by atoms with E-state index >= 15 is 0 Å². The van der Waals surface area contributed by atoms with E-state index in [4.69, 9.17) is 0 Å². The lowest BCUT2D eigenvalue weighted by atomic mass is 10.1. The van der Waals surface area contributed by atoms with Gasteiger partial charge in [-0.15, -0.1) is 22.7 Å². The number of imide groups is 1. The van der Waals surface area contributed by atoms with Crippen LogP contribution in [0, 0.1) is 6.92 Å². The number of nitrogens with zero attached hydrogens (tertiary/aromatic N) is 2. The van der Waals surface area contributed by atoms with Crippen molar-refractivity contribution in [3.63, 3.8) is 0 Å². The van der Waals surface area contributed by atoms with Gasteiger partial charge in [-0.05, 0) is 44.0 Å². The molecule has 0 atom stereocenters. The Hall–Kier alpha value is -2.84. The van der Waals surface area contributed by atoms with Gasteiger partial charge in [0.15, 0.2) is 0 Å². The first-order valence-corrected chi connectivity index (χ1v) is 11.5. The van der Waals surface area contributed by atoms with Gasteiger partial charge in [0.05, 0.1) is 26.7 Å². The molecule has 1 aliphatic rings. The van der Waals surface area contributed by atoms with Gasteiger partial charge in [0.25, 0.3) is 11.8 Å². The highest BCUT2D eigenvalue weighted by atomic mass is 32.1. The van der Waals surface area contributed by atoms with Gasteiger partial charge in [0, 0.05) is 29.8 Å². The Morgan fingerprint density at radius 1 is 1.10 bits per heavy atom. The molecule has 6 nitrogen and oxygen atoms in total. The molecule has 3 aromatic rings. The summed E-state index contributed by atoms with van der Waals surface area (Å²) < 4.78 is 0. The molecule has 0 saturated carbocycles. The van der Waals surface area contributed by atoms with Crippen LogP contribution in [0.25, 0.3) is 10.6 Å². The van der Waals surface area contributed by atoms with Crippen LogP contribution in [-0.2, 0) is 11.2 Å². The number of thiazole rings is 1. The Morgan fingerprint density at radius 2 is 1.83 bits per heavy atom. The van der Waals surface area contributed by atoms with E-state index in [0.29, 0.717) is 24.1 Å². The Kier molecular flexibility index (Phi) is 6.06. The van der Waals surface area contributed by atoms with E-state index in [9.17, 15) is 14.4 Å². The van der Waals surface area contributed by atoms with Gasteiger partial charge in [0.2, 0.25) is 5.91 Å². The molecule has 154 valence electrons. The van der Waals surface area contributed by atoms with Gasteiger partial charge in [0.1, 0.15) is 0 Å². The van der Waals surface area contributed by atoms with Crippen molar-refractivity contribution >= 4 is 40.4 Å². The highest BCUT2D eigenvalue weighted by Gasteiger charge is 2.34. The van der Waals surface area contributed by atoms with Gasteiger partial charge >= 0.3 is 0 Å². The minimum absolute atomic E-state index is 0.0708. The van der Waals surface area contributed by atoms with Crippen LogP contribution in [0.15, 0.2) is 41.8 Å². The average Bonchev–Trinajstić information content (AvgIpc) is 3.44. The van der Waals surface area contributed by atoms with Gasteiger partial charge < -0.3 is 5.32 Å². The fourth-order valence-electron chi connectivity index (χ4n) is 3.38. The number of hydrogen-bond acceptors (Lipinski definition) is 6. The number of aryl methyl sites for hydroxylation is 1. The third-order valence-corrected chi connectivity index (χ3v) is 6.83. The number of benzene rings is 1. The molecule has 0 spiro atoms. The molecule has 1 aliphatic heterocycles. The molecule has 0 aliphatic carbocycles. The van der Waals surface area contributed by atoms with Crippen molar-refractivity contribution in [2.45, 2.75) is 26.2 Å². The molecular weight excluding hydrogens is 418 g/mol. The normalized spacial score (nSPS) is 13.0. The summed E-state index contributed by atoms with van der Waals surface area (Å²) >= 11 is 3.33.